The lowest BCUT2D eigenvalue weighted by molar-refractivity contribution is 0.414. The Balaban J connectivity index is 0. The molecule has 1 atom stereocenters. The van der Waals surface area contributed by atoms with Gasteiger partial charge in [-0.05, 0) is 101 Å². The van der Waals surface area contributed by atoms with Crippen LogP contribution in [0, 0.1) is 0 Å². The molecule has 0 N–H and O–H groups in total. The highest BCUT2D eigenvalue weighted by molar-refractivity contribution is 7.40. The highest BCUT2D eigenvalue weighted by Gasteiger charge is 2.03. The average molecular weight is 568 g/mol. The number of rotatable bonds is 12. The molecule has 0 fully saturated rings. The number of hydrogen-bond donors (Lipinski definition) is 0. The van der Waals surface area contributed by atoms with Gasteiger partial charge in [0, 0.05) is 11.1 Å². The summed E-state index contributed by atoms with van der Waals surface area (Å²) in [5.74, 6) is 0.962. The zero-order valence-corrected chi connectivity index (χ0v) is 29.0. The van der Waals surface area contributed by atoms with Gasteiger partial charge in [-0.2, -0.15) is 0 Å². The molecule has 2 nitrogen and oxygen atoms in total. The van der Waals surface area contributed by atoms with Crippen LogP contribution in [0.25, 0.3) is 0 Å². The van der Waals surface area contributed by atoms with Crippen LogP contribution < -0.4 is 4.74 Å². The van der Waals surface area contributed by atoms with E-state index >= 15 is 0 Å². The van der Waals surface area contributed by atoms with Crippen molar-refractivity contribution in [2.24, 2.45) is 4.99 Å². The van der Waals surface area contributed by atoms with Crippen LogP contribution in [0.1, 0.15) is 124 Å². The van der Waals surface area contributed by atoms with Gasteiger partial charge in [0.25, 0.3) is 0 Å². The molecular weight excluding hydrogens is 505 g/mol. The number of aliphatic imine (C=N–C) groups is 1. The standard InChI is InChI=1S/C19H30NP.C11H16O.C4H8.C3H8/c1-5-8-15(3)19(20-16(4)21)10-7-9-18-13-11-17(6-2)12-14-18;1-3-4-6-10-7-5-8-11(9-10)12-2;1-4(2)3;1-3-2/h11-14H,5-10,21H2,1-4H3;5,7-9H,3-4,6H2,1-2H3;1H2,2-3H3;3H2,1-2H3/b19-15-,20-16?;;;. The summed E-state index contributed by atoms with van der Waals surface area (Å²) in [6, 6.07) is 17.3. The van der Waals surface area contributed by atoms with Crippen LogP contribution in [0.2, 0.25) is 0 Å². The number of benzene rings is 2. The van der Waals surface area contributed by atoms with Gasteiger partial charge >= 0.3 is 0 Å². The predicted octanol–water partition coefficient (Wildman–Crippen LogP) is 12.0. The third kappa shape index (κ3) is 23.7. The lowest BCUT2D eigenvalue weighted by Gasteiger charge is -2.09. The second-order valence-electron chi connectivity index (χ2n) is 10.6. The third-order valence-electron chi connectivity index (χ3n) is 5.69. The minimum Gasteiger partial charge on any atom is -0.497 e. The second kappa shape index (κ2) is 27.0. The normalized spacial score (nSPS) is 11.0. The van der Waals surface area contributed by atoms with E-state index in [4.69, 9.17) is 9.73 Å². The van der Waals surface area contributed by atoms with Crippen molar-refractivity contribution in [2.45, 2.75) is 127 Å². The Morgan fingerprint density at radius 3 is 1.80 bits per heavy atom. The van der Waals surface area contributed by atoms with Gasteiger partial charge in [0.05, 0.1) is 7.11 Å². The maximum atomic E-state index is 5.13. The van der Waals surface area contributed by atoms with Crippen LogP contribution >= 0.6 is 9.24 Å². The fourth-order valence-corrected chi connectivity index (χ4v) is 3.86. The summed E-state index contributed by atoms with van der Waals surface area (Å²) in [5, 5.41) is 0. The molecule has 1 unspecified atom stereocenters. The zero-order valence-electron chi connectivity index (χ0n) is 27.8. The van der Waals surface area contributed by atoms with Crippen molar-refractivity contribution in [2.75, 3.05) is 7.11 Å². The second-order valence-corrected chi connectivity index (χ2v) is 11.5. The van der Waals surface area contributed by atoms with Gasteiger partial charge in [-0.3, -0.25) is 4.99 Å². The molecule has 0 spiro atoms. The Kier molecular flexibility index (Phi) is 27.0. The number of allylic oxidation sites excluding steroid dienone is 3. The summed E-state index contributed by atoms with van der Waals surface area (Å²) in [4.78, 5) is 4.71. The third-order valence-corrected chi connectivity index (χ3v) is 5.82. The molecule has 0 aromatic heterocycles. The van der Waals surface area contributed by atoms with Crippen molar-refractivity contribution >= 4 is 14.7 Å². The molecule has 0 saturated heterocycles. The number of unbranched alkanes of at least 4 members (excludes halogenated alkanes) is 1. The monoisotopic (exact) mass is 567 g/mol. The van der Waals surface area contributed by atoms with Gasteiger partial charge in [-0.15, -0.1) is 6.58 Å². The summed E-state index contributed by atoms with van der Waals surface area (Å²) in [6.45, 7) is 22.7. The number of ether oxygens (including phenoxy) is 1. The Morgan fingerprint density at radius 1 is 0.775 bits per heavy atom. The van der Waals surface area contributed by atoms with Crippen LogP contribution in [0.5, 0.6) is 5.75 Å². The van der Waals surface area contributed by atoms with Crippen LogP contribution in [0.3, 0.4) is 0 Å². The van der Waals surface area contributed by atoms with Gasteiger partial charge in [-0.25, -0.2) is 0 Å². The van der Waals surface area contributed by atoms with Crippen molar-refractivity contribution in [3.8, 4) is 5.75 Å². The van der Waals surface area contributed by atoms with Crippen molar-refractivity contribution < 1.29 is 4.74 Å². The maximum absolute atomic E-state index is 5.13. The molecule has 3 heteroatoms. The Hall–Kier alpha value is -2.18. The van der Waals surface area contributed by atoms with Crippen molar-refractivity contribution in [1.29, 1.82) is 0 Å². The summed E-state index contributed by atoms with van der Waals surface area (Å²) in [7, 11) is 4.41. The first-order chi connectivity index (χ1) is 19.1. The first-order valence-electron chi connectivity index (χ1n) is 15.4. The minimum absolute atomic E-state index is 0.962. The van der Waals surface area contributed by atoms with Crippen LogP contribution in [-0.2, 0) is 19.3 Å². The average Bonchev–Trinajstić information content (AvgIpc) is 2.92. The molecule has 2 aromatic carbocycles. The fraction of sp³-hybridized carbons (Fsp3) is 0.541. The van der Waals surface area contributed by atoms with E-state index in [1.807, 2.05) is 32.9 Å². The minimum atomic E-state index is 0.962. The summed E-state index contributed by atoms with van der Waals surface area (Å²) >= 11 is 0. The van der Waals surface area contributed by atoms with E-state index in [1.54, 1.807) is 7.11 Å². The molecule has 0 heterocycles. The molecule has 2 aromatic rings. The number of nitrogens with zero attached hydrogens (tertiary/aromatic N) is 1. The van der Waals surface area contributed by atoms with Crippen molar-refractivity contribution in [3.63, 3.8) is 0 Å². The molecule has 0 aliphatic heterocycles. The van der Waals surface area contributed by atoms with E-state index in [1.165, 1.54) is 65.6 Å². The number of aryl methyl sites for hydroxylation is 3. The molecule has 0 amide bonds. The van der Waals surface area contributed by atoms with Crippen LogP contribution in [-0.4, -0.2) is 12.6 Å². The fourth-order valence-electron chi connectivity index (χ4n) is 3.71. The van der Waals surface area contributed by atoms with Gasteiger partial charge in [-0.1, -0.05) is 111 Å². The van der Waals surface area contributed by atoms with E-state index in [-0.39, 0.29) is 0 Å². The van der Waals surface area contributed by atoms with Gasteiger partial charge < -0.3 is 4.74 Å². The summed E-state index contributed by atoms with van der Waals surface area (Å²) < 4.78 is 5.13. The van der Waals surface area contributed by atoms with Gasteiger partial charge in [0.2, 0.25) is 0 Å². The highest BCUT2D eigenvalue weighted by atomic mass is 31.0. The first-order valence-corrected chi connectivity index (χ1v) is 16.0. The van der Waals surface area contributed by atoms with Crippen LogP contribution in [0.4, 0.5) is 0 Å². The van der Waals surface area contributed by atoms with Gasteiger partial charge in [0.1, 0.15) is 5.75 Å². The van der Waals surface area contributed by atoms with Gasteiger partial charge in [0.15, 0.2) is 0 Å². The summed E-state index contributed by atoms with van der Waals surface area (Å²) in [5.41, 5.74) is 9.20. The predicted molar refractivity (Wildman–Crippen MR) is 187 cm³/mol. The number of hydrogen-bond acceptors (Lipinski definition) is 2. The van der Waals surface area contributed by atoms with E-state index in [9.17, 15) is 0 Å². The largest absolute Gasteiger partial charge is 0.497 e. The van der Waals surface area contributed by atoms with Crippen LogP contribution in [0.15, 0.2) is 76.9 Å². The molecular formula is C37H62NOP. The maximum Gasteiger partial charge on any atom is 0.119 e. The van der Waals surface area contributed by atoms with E-state index in [0.29, 0.717) is 0 Å². The first kappa shape index (κ1) is 40.0. The SMILES string of the molecule is C=C(C)C.CCC.CCC/C(C)=C(/CCCc1ccc(CC)cc1)N=C(C)P.CCCCc1cccc(OC)c1. The van der Waals surface area contributed by atoms with Crippen molar-refractivity contribution in [1.82, 2.24) is 0 Å². The Labute approximate surface area is 252 Å². The van der Waals surface area contributed by atoms with Crippen molar-refractivity contribution in [3.05, 3.63) is 88.6 Å². The van der Waals surface area contributed by atoms with E-state index in [2.05, 4.69) is 93.8 Å². The smallest absolute Gasteiger partial charge is 0.119 e. The lowest BCUT2D eigenvalue weighted by Crippen LogP contribution is -1.93. The highest BCUT2D eigenvalue weighted by Crippen LogP contribution is 2.20. The van der Waals surface area contributed by atoms with E-state index < -0.39 is 0 Å². The Morgan fingerprint density at radius 2 is 1.32 bits per heavy atom. The number of methoxy groups -OCH3 is 1. The van der Waals surface area contributed by atoms with E-state index in [0.717, 1.165) is 43.3 Å². The molecule has 0 radical (unpaired) electrons. The molecule has 2 rings (SSSR count). The quantitative estimate of drug-likeness (QED) is 0.142. The summed E-state index contributed by atoms with van der Waals surface area (Å²) in [6.07, 6.45) is 11.8. The molecule has 0 aliphatic rings. The Bertz CT molecular complexity index is 948. The molecule has 0 saturated carbocycles. The zero-order chi connectivity index (χ0) is 30.8. The molecule has 0 bridgehead atoms. The topological polar surface area (TPSA) is 21.6 Å². The lowest BCUT2D eigenvalue weighted by atomic mass is 10.0. The molecule has 0 aliphatic carbocycles. The molecule has 40 heavy (non-hydrogen) atoms. The molecule has 226 valence electrons.